The molecule has 0 radical (unpaired) electrons. The average molecular weight is 268 g/mol. The molecule has 1 aromatic rings. The number of hydrogen-bond acceptors (Lipinski definition) is 2. The normalized spacial score (nSPS) is 25.9. The molecule has 0 spiro atoms. The summed E-state index contributed by atoms with van der Waals surface area (Å²) in [5.41, 5.74) is 1.29. The largest absolute Gasteiger partial charge is 0.381 e. The van der Waals surface area contributed by atoms with Gasteiger partial charge in [-0.25, -0.2) is 0 Å². The fraction of sp³-hybridized carbons (Fsp3) is 0.600. The fourth-order valence-electron chi connectivity index (χ4n) is 2.71. The molecule has 18 heavy (non-hydrogen) atoms. The second-order valence-corrected chi connectivity index (χ2v) is 5.60. The van der Waals surface area contributed by atoms with Crippen molar-refractivity contribution in [2.75, 3.05) is 7.11 Å². The van der Waals surface area contributed by atoms with Crippen molar-refractivity contribution in [1.29, 1.82) is 0 Å². The Labute approximate surface area is 115 Å². The first-order chi connectivity index (χ1) is 8.69. The van der Waals surface area contributed by atoms with Gasteiger partial charge in [-0.1, -0.05) is 23.7 Å². The van der Waals surface area contributed by atoms with Crippen LogP contribution in [0, 0.1) is 0 Å². The maximum absolute atomic E-state index is 5.91. The van der Waals surface area contributed by atoms with Crippen LogP contribution in [0.5, 0.6) is 0 Å². The van der Waals surface area contributed by atoms with Gasteiger partial charge in [-0.3, -0.25) is 0 Å². The monoisotopic (exact) mass is 267 g/mol. The maximum atomic E-state index is 5.91. The van der Waals surface area contributed by atoms with E-state index in [0.717, 1.165) is 11.4 Å². The van der Waals surface area contributed by atoms with Gasteiger partial charge in [-0.15, -0.1) is 0 Å². The van der Waals surface area contributed by atoms with E-state index in [0.29, 0.717) is 18.2 Å². The van der Waals surface area contributed by atoms with Gasteiger partial charge in [0, 0.05) is 24.2 Å². The van der Waals surface area contributed by atoms with Gasteiger partial charge in [-0.2, -0.15) is 0 Å². The topological polar surface area (TPSA) is 21.3 Å². The molecule has 3 atom stereocenters. The Kier molecular flexibility index (Phi) is 5.04. The van der Waals surface area contributed by atoms with Gasteiger partial charge in [0.15, 0.2) is 0 Å². The molecule has 1 aromatic carbocycles. The molecule has 100 valence electrons. The van der Waals surface area contributed by atoms with Gasteiger partial charge < -0.3 is 10.1 Å². The molecule has 0 saturated heterocycles. The van der Waals surface area contributed by atoms with Gasteiger partial charge in [0.25, 0.3) is 0 Å². The molecule has 1 saturated carbocycles. The third kappa shape index (κ3) is 3.71. The molecular weight excluding hydrogens is 246 g/mol. The molecule has 3 heteroatoms. The first-order valence-corrected chi connectivity index (χ1v) is 7.11. The molecule has 3 unspecified atom stereocenters. The highest BCUT2D eigenvalue weighted by molar-refractivity contribution is 6.30. The Hall–Kier alpha value is -0.570. The average Bonchev–Trinajstić information content (AvgIpc) is 2.39. The van der Waals surface area contributed by atoms with Crippen LogP contribution in [0.2, 0.25) is 5.02 Å². The van der Waals surface area contributed by atoms with Crippen molar-refractivity contribution < 1.29 is 4.74 Å². The highest BCUT2D eigenvalue weighted by Gasteiger charge is 2.22. The minimum Gasteiger partial charge on any atom is -0.381 e. The van der Waals surface area contributed by atoms with Crippen molar-refractivity contribution in [3.8, 4) is 0 Å². The lowest BCUT2D eigenvalue weighted by Gasteiger charge is -2.31. The third-order valence-corrected chi connectivity index (χ3v) is 4.07. The Morgan fingerprint density at radius 1 is 1.28 bits per heavy atom. The maximum Gasteiger partial charge on any atom is 0.0586 e. The van der Waals surface area contributed by atoms with Crippen molar-refractivity contribution >= 4 is 11.6 Å². The summed E-state index contributed by atoms with van der Waals surface area (Å²) in [4.78, 5) is 0. The van der Waals surface area contributed by atoms with Crippen LogP contribution < -0.4 is 5.32 Å². The summed E-state index contributed by atoms with van der Waals surface area (Å²) in [6.07, 6.45) is 5.24. The second kappa shape index (κ2) is 6.55. The van der Waals surface area contributed by atoms with Gasteiger partial charge in [0.05, 0.1) is 6.10 Å². The first kappa shape index (κ1) is 13.9. The number of hydrogen-bond donors (Lipinski definition) is 1. The predicted octanol–water partition coefficient (Wildman–Crippen LogP) is 3.95. The van der Waals surface area contributed by atoms with Gasteiger partial charge >= 0.3 is 0 Å². The van der Waals surface area contributed by atoms with E-state index in [1.54, 1.807) is 0 Å². The lowest BCUT2D eigenvalue weighted by atomic mass is 9.92. The lowest BCUT2D eigenvalue weighted by Crippen LogP contribution is -2.38. The Bertz CT molecular complexity index is 365. The van der Waals surface area contributed by atoms with Crippen molar-refractivity contribution in [1.82, 2.24) is 5.32 Å². The van der Waals surface area contributed by atoms with Crippen LogP contribution in [0.1, 0.15) is 44.2 Å². The zero-order valence-electron chi connectivity index (χ0n) is 11.2. The van der Waals surface area contributed by atoms with Crippen LogP contribution in [0.25, 0.3) is 0 Å². The molecule has 1 N–H and O–H groups in total. The molecule has 2 nitrogen and oxygen atoms in total. The SMILES string of the molecule is COC1CCCC(NC(C)c2ccc(Cl)cc2)C1. The predicted molar refractivity (Wildman–Crippen MR) is 76.1 cm³/mol. The molecule has 2 rings (SSSR count). The van der Waals surface area contributed by atoms with Crippen LogP contribution in [-0.2, 0) is 4.74 Å². The Morgan fingerprint density at radius 3 is 2.67 bits per heavy atom. The van der Waals surface area contributed by atoms with Crippen LogP contribution >= 0.6 is 11.6 Å². The van der Waals surface area contributed by atoms with Crippen molar-refractivity contribution in [2.45, 2.75) is 50.8 Å². The zero-order valence-corrected chi connectivity index (χ0v) is 11.9. The van der Waals surface area contributed by atoms with Crippen LogP contribution in [-0.4, -0.2) is 19.3 Å². The fourth-order valence-corrected chi connectivity index (χ4v) is 2.84. The number of ether oxygens (including phenoxy) is 1. The zero-order chi connectivity index (χ0) is 13.0. The van der Waals surface area contributed by atoms with E-state index < -0.39 is 0 Å². The molecule has 1 aliphatic carbocycles. The van der Waals surface area contributed by atoms with Gasteiger partial charge in [-0.05, 0) is 50.3 Å². The molecule has 1 fully saturated rings. The van der Waals surface area contributed by atoms with Crippen molar-refractivity contribution in [3.63, 3.8) is 0 Å². The minimum atomic E-state index is 0.364. The summed E-state index contributed by atoms with van der Waals surface area (Å²) in [6.45, 7) is 2.21. The molecule has 0 amide bonds. The lowest BCUT2D eigenvalue weighted by molar-refractivity contribution is 0.0572. The number of rotatable bonds is 4. The Balaban J connectivity index is 1.90. The Morgan fingerprint density at radius 2 is 2.00 bits per heavy atom. The number of benzene rings is 1. The van der Waals surface area contributed by atoms with Gasteiger partial charge in [0.2, 0.25) is 0 Å². The van der Waals surface area contributed by atoms with Crippen molar-refractivity contribution in [3.05, 3.63) is 34.9 Å². The van der Waals surface area contributed by atoms with Crippen LogP contribution in [0.15, 0.2) is 24.3 Å². The summed E-state index contributed by atoms with van der Waals surface area (Å²) >= 11 is 5.91. The number of halogens is 1. The summed E-state index contributed by atoms with van der Waals surface area (Å²) < 4.78 is 5.47. The molecular formula is C15H22ClNO. The summed E-state index contributed by atoms with van der Waals surface area (Å²) in [5, 5.41) is 4.49. The molecule has 0 aromatic heterocycles. The van der Waals surface area contributed by atoms with E-state index in [-0.39, 0.29) is 0 Å². The third-order valence-electron chi connectivity index (χ3n) is 3.82. The van der Waals surface area contributed by atoms with Crippen LogP contribution in [0.3, 0.4) is 0 Å². The summed E-state index contributed by atoms with van der Waals surface area (Å²) in [6, 6.07) is 9.02. The second-order valence-electron chi connectivity index (χ2n) is 5.16. The number of nitrogens with one attached hydrogen (secondary N) is 1. The smallest absolute Gasteiger partial charge is 0.0586 e. The standard InChI is InChI=1S/C15H22ClNO/c1-11(12-6-8-13(16)9-7-12)17-14-4-3-5-15(10-14)18-2/h6-9,11,14-15,17H,3-5,10H2,1-2H3. The molecule has 1 aliphatic rings. The van der Waals surface area contributed by atoms with E-state index in [1.807, 2.05) is 19.2 Å². The van der Waals surface area contributed by atoms with E-state index in [1.165, 1.54) is 24.8 Å². The highest BCUT2D eigenvalue weighted by Crippen LogP contribution is 2.24. The summed E-state index contributed by atoms with van der Waals surface area (Å²) in [5.74, 6) is 0. The van der Waals surface area contributed by atoms with Gasteiger partial charge in [0.1, 0.15) is 0 Å². The van der Waals surface area contributed by atoms with Crippen LogP contribution in [0.4, 0.5) is 0 Å². The minimum absolute atomic E-state index is 0.364. The molecule has 0 bridgehead atoms. The van der Waals surface area contributed by atoms with E-state index in [9.17, 15) is 0 Å². The van der Waals surface area contributed by atoms with Crippen molar-refractivity contribution in [2.24, 2.45) is 0 Å². The summed E-state index contributed by atoms with van der Waals surface area (Å²) in [7, 11) is 1.82. The van der Waals surface area contributed by atoms with E-state index >= 15 is 0 Å². The van der Waals surface area contributed by atoms with E-state index in [4.69, 9.17) is 16.3 Å². The molecule has 0 heterocycles. The highest BCUT2D eigenvalue weighted by atomic mass is 35.5. The molecule has 0 aliphatic heterocycles. The number of methoxy groups -OCH3 is 1. The first-order valence-electron chi connectivity index (χ1n) is 6.73. The quantitative estimate of drug-likeness (QED) is 0.892. The van der Waals surface area contributed by atoms with E-state index in [2.05, 4.69) is 24.4 Å².